The molecule has 5 nitrogen and oxygen atoms in total. The van der Waals surface area contributed by atoms with Crippen LogP contribution in [0.15, 0.2) is 0 Å². The Bertz CT molecular complexity index is 258. The summed E-state index contributed by atoms with van der Waals surface area (Å²) in [6.07, 6.45) is 2.10. The maximum atomic E-state index is 11.5. The first kappa shape index (κ1) is 14.0. The van der Waals surface area contributed by atoms with Crippen molar-refractivity contribution in [2.45, 2.75) is 51.7 Å². The highest BCUT2D eigenvalue weighted by molar-refractivity contribution is 5.78. The lowest BCUT2D eigenvalue weighted by molar-refractivity contribution is -0.168. The summed E-state index contributed by atoms with van der Waals surface area (Å²) < 4.78 is 15.3. The minimum Gasteiger partial charge on any atom is -0.460 e. The van der Waals surface area contributed by atoms with E-state index in [-0.39, 0.29) is 18.7 Å². The van der Waals surface area contributed by atoms with Crippen molar-refractivity contribution < 1.29 is 23.8 Å². The third kappa shape index (κ3) is 5.17. The van der Waals surface area contributed by atoms with E-state index in [2.05, 4.69) is 0 Å². The van der Waals surface area contributed by atoms with Gasteiger partial charge in [0, 0.05) is 13.0 Å². The lowest BCUT2D eigenvalue weighted by Gasteiger charge is -2.14. The highest BCUT2D eigenvalue weighted by Crippen LogP contribution is 2.12. The summed E-state index contributed by atoms with van der Waals surface area (Å²) in [7, 11) is 0. The van der Waals surface area contributed by atoms with Crippen LogP contribution >= 0.6 is 0 Å². The van der Waals surface area contributed by atoms with Crippen molar-refractivity contribution in [2.24, 2.45) is 0 Å². The predicted molar refractivity (Wildman–Crippen MR) is 60.4 cm³/mol. The van der Waals surface area contributed by atoms with Gasteiger partial charge in [-0.2, -0.15) is 0 Å². The Morgan fingerprint density at radius 2 is 2.24 bits per heavy atom. The molecule has 0 aliphatic carbocycles. The SMILES string of the molecule is CCCC(=O)OC(C)C(=O)OCC1CCCO1. The Labute approximate surface area is 101 Å². The number of hydrogen-bond donors (Lipinski definition) is 0. The van der Waals surface area contributed by atoms with Gasteiger partial charge in [-0.25, -0.2) is 4.79 Å². The number of esters is 2. The third-order valence-electron chi connectivity index (χ3n) is 2.53. The first-order chi connectivity index (χ1) is 8.13. The normalized spacial score (nSPS) is 20.9. The van der Waals surface area contributed by atoms with E-state index < -0.39 is 12.1 Å². The molecule has 0 saturated carbocycles. The second kappa shape index (κ2) is 7.27. The van der Waals surface area contributed by atoms with Gasteiger partial charge in [0.25, 0.3) is 0 Å². The molecule has 17 heavy (non-hydrogen) atoms. The zero-order valence-electron chi connectivity index (χ0n) is 10.4. The van der Waals surface area contributed by atoms with Crippen molar-refractivity contribution in [2.75, 3.05) is 13.2 Å². The van der Waals surface area contributed by atoms with Gasteiger partial charge in [-0.1, -0.05) is 6.92 Å². The number of carbonyl (C=O) groups is 2. The van der Waals surface area contributed by atoms with Gasteiger partial charge in [-0.3, -0.25) is 4.79 Å². The first-order valence-corrected chi connectivity index (χ1v) is 6.11. The summed E-state index contributed by atoms with van der Waals surface area (Å²) in [4.78, 5) is 22.6. The molecule has 1 rings (SSSR count). The Morgan fingerprint density at radius 3 is 2.82 bits per heavy atom. The van der Waals surface area contributed by atoms with Gasteiger partial charge in [0.05, 0.1) is 6.10 Å². The van der Waals surface area contributed by atoms with Crippen LogP contribution in [0.2, 0.25) is 0 Å². The van der Waals surface area contributed by atoms with E-state index in [9.17, 15) is 9.59 Å². The van der Waals surface area contributed by atoms with E-state index in [0.29, 0.717) is 12.8 Å². The Balaban J connectivity index is 2.19. The largest absolute Gasteiger partial charge is 0.460 e. The summed E-state index contributed by atoms with van der Waals surface area (Å²) in [6.45, 7) is 4.37. The molecule has 1 fully saturated rings. The van der Waals surface area contributed by atoms with Gasteiger partial charge in [-0.05, 0) is 26.2 Å². The van der Waals surface area contributed by atoms with E-state index in [1.807, 2.05) is 6.92 Å². The van der Waals surface area contributed by atoms with Gasteiger partial charge in [0.2, 0.25) is 0 Å². The molecule has 1 aliphatic rings. The average Bonchev–Trinajstić information content (AvgIpc) is 2.78. The topological polar surface area (TPSA) is 61.8 Å². The summed E-state index contributed by atoms with van der Waals surface area (Å²) in [5, 5.41) is 0. The first-order valence-electron chi connectivity index (χ1n) is 6.11. The minimum atomic E-state index is -0.838. The van der Waals surface area contributed by atoms with Crippen LogP contribution in [0.4, 0.5) is 0 Å². The fourth-order valence-corrected chi connectivity index (χ4v) is 1.58. The summed E-state index contributed by atoms with van der Waals surface area (Å²) >= 11 is 0. The molecule has 0 aromatic heterocycles. The van der Waals surface area contributed by atoms with Crippen molar-refractivity contribution >= 4 is 11.9 Å². The molecule has 0 N–H and O–H groups in total. The van der Waals surface area contributed by atoms with Gasteiger partial charge < -0.3 is 14.2 Å². The number of rotatable bonds is 6. The van der Waals surface area contributed by atoms with Crippen LogP contribution in [0.5, 0.6) is 0 Å². The van der Waals surface area contributed by atoms with E-state index in [0.717, 1.165) is 19.4 Å². The van der Waals surface area contributed by atoms with E-state index >= 15 is 0 Å². The van der Waals surface area contributed by atoms with Crippen molar-refractivity contribution in [3.63, 3.8) is 0 Å². The fourth-order valence-electron chi connectivity index (χ4n) is 1.58. The molecule has 0 aromatic rings. The van der Waals surface area contributed by atoms with Crippen molar-refractivity contribution in [3.8, 4) is 0 Å². The van der Waals surface area contributed by atoms with Crippen LogP contribution in [0, 0.1) is 0 Å². The summed E-state index contributed by atoms with van der Waals surface area (Å²) in [5.41, 5.74) is 0. The standard InChI is InChI=1S/C12H20O5/c1-3-5-11(13)17-9(2)12(14)16-8-10-6-4-7-15-10/h9-10H,3-8H2,1-2H3. The molecular formula is C12H20O5. The predicted octanol–water partition coefficient (Wildman–Crippen LogP) is 1.44. The van der Waals surface area contributed by atoms with Crippen molar-refractivity contribution in [1.29, 1.82) is 0 Å². The monoisotopic (exact) mass is 244 g/mol. The second-order valence-corrected chi connectivity index (χ2v) is 4.15. The van der Waals surface area contributed by atoms with Gasteiger partial charge in [0.1, 0.15) is 6.61 Å². The van der Waals surface area contributed by atoms with Crippen molar-refractivity contribution in [3.05, 3.63) is 0 Å². The smallest absolute Gasteiger partial charge is 0.347 e. The van der Waals surface area contributed by atoms with E-state index in [1.165, 1.54) is 6.92 Å². The lowest BCUT2D eigenvalue weighted by atomic mass is 10.2. The molecule has 98 valence electrons. The maximum absolute atomic E-state index is 11.5. The Morgan fingerprint density at radius 1 is 1.47 bits per heavy atom. The van der Waals surface area contributed by atoms with Crippen LogP contribution in [0.1, 0.15) is 39.5 Å². The molecule has 0 radical (unpaired) electrons. The summed E-state index contributed by atoms with van der Waals surface area (Å²) in [6, 6.07) is 0. The lowest BCUT2D eigenvalue weighted by Crippen LogP contribution is -2.28. The molecule has 5 heteroatoms. The van der Waals surface area contributed by atoms with E-state index in [4.69, 9.17) is 14.2 Å². The summed E-state index contributed by atoms with van der Waals surface area (Å²) in [5.74, 6) is -0.876. The average molecular weight is 244 g/mol. The highest BCUT2D eigenvalue weighted by atomic mass is 16.6. The van der Waals surface area contributed by atoms with E-state index in [1.54, 1.807) is 0 Å². The third-order valence-corrected chi connectivity index (χ3v) is 2.53. The number of carbonyl (C=O) groups excluding carboxylic acids is 2. The van der Waals surface area contributed by atoms with Crippen LogP contribution in [-0.4, -0.2) is 37.4 Å². The molecule has 0 aromatic carbocycles. The molecule has 2 unspecified atom stereocenters. The minimum absolute atomic E-state index is 0.00232. The van der Waals surface area contributed by atoms with Crippen LogP contribution in [0.25, 0.3) is 0 Å². The molecule has 0 spiro atoms. The maximum Gasteiger partial charge on any atom is 0.347 e. The number of hydrogen-bond acceptors (Lipinski definition) is 5. The molecule has 0 amide bonds. The van der Waals surface area contributed by atoms with Crippen molar-refractivity contribution in [1.82, 2.24) is 0 Å². The fraction of sp³-hybridized carbons (Fsp3) is 0.833. The Hall–Kier alpha value is -1.10. The Kier molecular flexibility index (Phi) is 5.97. The highest BCUT2D eigenvalue weighted by Gasteiger charge is 2.22. The van der Waals surface area contributed by atoms with Crippen LogP contribution in [-0.2, 0) is 23.8 Å². The molecule has 0 bridgehead atoms. The van der Waals surface area contributed by atoms with Gasteiger partial charge >= 0.3 is 11.9 Å². The zero-order chi connectivity index (χ0) is 12.7. The van der Waals surface area contributed by atoms with Crippen LogP contribution < -0.4 is 0 Å². The molecular weight excluding hydrogens is 224 g/mol. The van der Waals surface area contributed by atoms with Gasteiger partial charge in [0.15, 0.2) is 6.10 Å². The molecule has 1 heterocycles. The van der Waals surface area contributed by atoms with Gasteiger partial charge in [-0.15, -0.1) is 0 Å². The quantitative estimate of drug-likeness (QED) is 0.662. The zero-order valence-corrected chi connectivity index (χ0v) is 10.4. The molecule has 1 aliphatic heterocycles. The molecule has 2 atom stereocenters. The number of ether oxygens (including phenoxy) is 3. The second-order valence-electron chi connectivity index (χ2n) is 4.15. The van der Waals surface area contributed by atoms with Crippen LogP contribution in [0.3, 0.4) is 0 Å². The molecule has 1 saturated heterocycles.